The van der Waals surface area contributed by atoms with Crippen molar-refractivity contribution < 1.29 is 4.74 Å². The van der Waals surface area contributed by atoms with Gasteiger partial charge in [-0.1, -0.05) is 0 Å². The lowest BCUT2D eigenvalue weighted by atomic mass is 10.4. The molecular weight excluding hydrogens is 276 g/mol. The van der Waals surface area contributed by atoms with Crippen molar-refractivity contribution >= 4 is 17.1 Å². The molecule has 0 bridgehead atoms. The van der Waals surface area contributed by atoms with Gasteiger partial charge in [0.05, 0.1) is 0 Å². The first kappa shape index (κ1) is 15.3. The van der Waals surface area contributed by atoms with Gasteiger partial charge in [-0.15, -0.1) is 0 Å². The second kappa shape index (κ2) is 6.55. The number of methoxy groups -OCH3 is 1. The first-order valence-electron chi connectivity index (χ1n) is 6.72. The van der Waals surface area contributed by atoms with Gasteiger partial charge in [0.25, 0.3) is 5.56 Å². The van der Waals surface area contributed by atoms with Crippen LogP contribution in [0.25, 0.3) is 11.2 Å². The number of imidazole rings is 1. The molecule has 0 radical (unpaired) electrons. The van der Waals surface area contributed by atoms with E-state index in [0.29, 0.717) is 49.8 Å². The smallest absolute Gasteiger partial charge is 0.332 e. The van der Waals surface area contributed by atoms with E-state index in [4.69, 9.17) is 10.5 Å². The Hall–Kier alpha value is -2.13. The number of nitrogens with two attached hydrogens (primary N) is 1. The van der Waals surface area contributed by atoms with E-state index in [2.05, 4.69) is 15.3 Å². The maximum Gasteiger partial charge on any atom is 0.332 e. The maximum absolute atomic E-state index is 12.2. The number of nitrogens with one attached hydrogen (secondary N) is 2. The predicted octanol–water partition coefficient (Wildman–Crippen LogP) is -1.17. The quantitative estimate of drug-likeness (QED) is 0.554. The van der Waals surface area contributed by atoms with Crippen LogP contribution in [0.5, 0.6) is 0 Å². The van der Waals surface area contributed by atoms with Crippen molar-refractivity contribution in [2.24, 2.45) is 12.8 Å². The molecule has 9 nitrogen and oxygen atoms in total. The van der Waals surface area contributed by atoms with Gasteiger partial charge < -0.3 is 20.8 Å². The van der Waals surface area contributed by atoms with Gasteiger partial charge in [-0.25, -0.2) is 4.79 Å². The number of H-pyrrole nitrogens is 1. The molecule has 0 fully saturated rings. The van der Waals surface area contributed by atoms with Crippen LogP contribution in [0.2, 0.25) is 0 Å². The van der Waals surface area contributed by atoms with Gasteiger partial charge in [0, 0.05) is 40.4 Å². The van der Waals surface area contributed by atoms with E-state index in [1.807, 2.05) is 0 Å². The van der Waals surface area contributed by atoms with Crippen molar-refractivity contribution in [1.29, 1.82) is 0 Å². The lowest BCUT2D eigenvalue weighted by Crippen LogP contribution is -2.38. The Balaban J connectivity index is 2.51. The number of hydrogen-bond donors (Lipinski definition) is 3. The number of rotatable bonds is 7. The van der Waals surface area contributed by atoms with Crippen LogP contribution in [0, 0.1) is 0 Å². The van der Waals surface area contributed by atoms with Crippen LogP contribution in [0.3, 0.4) is 0 Å². The summed E-state index contributed by atoms with van der Waals surface area (Å²) in [6, 6.07) is 0. The van der Waals surface area contributed by atoms with Crippen molar-refractivity contribution in [1.82, 2.24) is 19.1 Å². The van der Waals surface area contributed by atoms with E-state index in [1.54, 1.807) is 7.11 Å². The van der Waals surface area contributed by atoms with Gasteiger partial charge in [0.1, 0.15) is 0 Å². The van der Waals surface area contributed by atoms with Crippen LogP contribution in [-0.2, 0) is 18.3 Å². The molecule has 0 amide bonds. The van der Waals surface area contributed by atoms with Gasteiger partial charge >= 0.3 is 5.69 Å². The average Bonchev–Trinajstić information content (AvgIpc) is 2.90. The van der Waals surface area contributed by atoms with Gasteiger partial charge in [-0.2, -0.15) is 4.98 Å². The summed E-state index contributed by atoms with van der Waals surface area (Å²) in [7, 11) is 3.05. The lowest BCUT2D eigenvalue weighted by molar-refractivity contribution is 0.190. The highest BCUT2D eigenvalue weighted by Gasteiger charge is 2.15. The number of aromatic amines is 1. The zero-order valence-corrected chi connectivity index (χ0v) is 12.2. The summed E-state index contributed by atoms with van der Waals surface area (Å²) in [5.74, 6) is 0.429. The normalized spacial score (nSPS) is 11.2. The molecule has 2 rings (SSSR count). The van der Waals surface area contributed by atoms with E-state index in [0.717, 1.165) is 4.57 Å². The standard InChI is InChI=1S/C12H20N6O3/c1-17-10(19)8-9(16-11(15-8)14-5-4-13)18(12(17)20)6-3-7-21-2/h3-7,13H2,1-2H3,(H2,14,15,16). The van der Waals surface area contributed by atoms with Gasteiger partial charge in [-0.3, -0.25) is 13.9 Å². The van der Waals surface area contributed by atoms with Gasteiger partial charge in [0.2, 0.25) is 5.95 Å². The van der Waals surface area contributed by atoms with Gasteiger partial charge in [0.15, 0.2) is 11.2 Å². The molecule has 0 saturated heterocycles. The molecule has 0 saturated carbocycles. The zero-order valence-electron chi connectivity index (χ0n) is 12.2. The summed E-state index contributed by atoms with van der Waals surface area (Å²) in [6.45, 7) is 1.92. The molecule has 9 heteroatoms. The highest BCUT2D eigenvalue weighted by atomic mass is 16.5. The van der Waals surface area contributed by atoms with Crippen LogP contribution < -0.4 is 22.3 Å². The monoisotopic (exact) mass is 296 g/mol. The molecule has 0 aliphatic carbocycles. The summed E-state index contributed by atoms with van der Waals surface area (Å²) in [6.07, 6.45) is 0.655. The summed E-state index contributed by atoms with van der Waals surface area (Å²) in [5.41, 5.74) is 5.28. The Morgan fingerprint density at radius 1 is 1.43 bits per heavy atom. The molecule has 0 atom stereocenters. The van der Waals surface area contributed by atoms with E-state index >= 15 is 0 Å². The van der Waals surface area contributed by atoms with Crippen LogP contribution >= 0.6 is 0 Å². The number of anilines is 1. The first-order chi connectivity index (χ1) is 10.1. The Kier molecular flexibility index (Phi) is 4.76. The van der Waals surface area contributed by atoms with Crippen molar-refractivity contribution in [3.8, 4) is 0 Å². The molecule has 2 aromatic heterocycles. The summed E-state index contributed by atoms with van der Waals surface area (Å²) >= 11 is 0. The summed E-state index contributed by atoms with van der Waals surface area (Å²) < 4.78 is 7.53. The van der Waals surface area contributed by atoms with E-state index < -0.39 is 5.56 Å². The lowest BCUT2D eigenvalue weighted by Gasteiger charge is -2.07. The van der Waals surface area contributed by atoms with E-state index in [1.165, 1.54) is 11.6 Å². The number of aryl methyl sites for hydroxylation is 1. The van der Waals surface area contributed by atoms with Gasteiger partial charge in [-0.05, 0) is 6.42 Å². The molecule has 4 N–H and O–H groups in total. The Morgan fingerprint density at radius 3 is 2.86 bits per heavy atom. The number of aromatic nitrogens is 4. The third-order valence-electron chi connectivity index (χ3n) is 3.14. The number of fused-ring (bicyclic) bond motifs is 1. The van der Waals surface area contributed by atoms with Crippen LogP contribution in [0.1, 0.15) is 6.42 Å². The van der Waals surface area contributed by atoms with Crippen molar-refractivity contribution in [2.75, 3.05) is 32.1 Å². The SMILES string of the molecule is COCCCn1c(=O)n(C)c(=O)c2[nH]c(NCCN)nc21. The molecular formula is C12H20N6O3. The number of hydrogen-bond acceptors (Lipinski definition) is 6. The molecule has 0 spiro atoms. The highest BCUT2D eigenvalue weighted by Crippen LogP contribution is 2.09. The molecule has 0 aromatic carbocycles. The third kappa shape index (κ3) is 2.98. The predicted molar refractivity (Wildman–Crippen MR) is 79.6 cm³/mol. The average molecular weight is 296 g/mol. The van der Waals surface area contributed by atoms with Crippen LogP contribution in [-0.4, -0.2) is 45.9 Å². The molecule has 21 heavy (non-hydrogen) atoms. The Labute approximate surface area is 120 Å². The summed E-state index contributed by atoms with van der Waals surface area (Å²) in [4.78, 5) is 31.5. The molecule has 0 aliphatic heterocycles. The molecule has 2 heterocycles. The van der Waals surface area contributed by atoms with Crippen LogP contribution in [0.15, 0.2) is 9.59 Å². The number of ether oxygens (including phenoxy) is 1. The fraction of sp³-hybridized carbons (Fsp3) is 0.583. The Bertz CT molecular complexity index is 729. The minimum Gasteiger partial charge on any atom is -0.385 e. The fourth-order valence-electron chi connectivity index (χ4n) is 2.08. The number of nitrogens with zero attached hydrogens (tertiary/aromatic N) is 3. The van der Waals surface area contributed by atoms with E-state index in [9.17, 15) is 9.59 Å². The minimum absolute atomic E-state index is 0.300. The first-order valence-corrected chi connectivity index (χ1v) is 6.72. The van der Waals surface area contributed by atoms with Crippen molar-refractivity contribution in [2.45, 2.75) is 13.0 Å². The van der Waals surface area contributed by atoms with Crippen molar-refractivity contribution in [3.63, 3.8) is 0 Å². The minimum atomic E-state index is -0.397. The Morgan fingerprint density at radius 2 is 2.19 bits per heavy atom. The van der Waals surface area contributed by atoms with Crippen LogP contribution in [0.4, 0.5) is 5.95 Å². The third-order valence-corrected chi connectivity index (χ3v) is 3.14. The highest BCUT2D eigenvalue weighted by molar-refractivity contribution is 5.72. The topological polar surface area (TPSA) is 120 Å². The van der Waals surface area contributed by atoms with E-state index in [-0.39, 0.29) is 5.69 Å². The second-order valence-corrected chi connectivity index (χ2v) is 4.64. The zero-order chi connectivity index (χ0) is 15.4. The second-order valence-electron chi connectivity index (χ2n) is 4.64. The fourth-order valence-corrected chi connectivity index (χ4v) is 2.08. The largest absolute Gasteiger partial charge is 0.385 e. The molecule has 0 unspecified atom stereocenters. The molecule has 2 aromatic rings. The summed E-state index contributed by atoms with van der Waals surface area (Å²) in [5, 5.41) is 2.96. The van der Waals surface area contributed by atoms with Crippen molar-refractivity contribution in [3.05, 3.63) is 20.8 Å². The maximum atomic E-state index is 12.2. The molecule has 0 aliphatic rings. The molecule has 116 valence electrons.